The summed E-state index contributed by atoms with van der Waals surface area (Å²) in [4.78, 5) is 16.6. The first kappa shape index (κ1) is 26.6. The summed E-state index contributed by atoms with van der Waals surface area (Å²) in [5, 5.41) is 4.97. The number of nitrogens with zero attached hydrogens (tertiary/aromatic N) is 1. The minimum Gasteiger partial charge on any atom is -0.493 e. The molecule has 0 bridgehead atoms. The van der Waals surface area contributed by atoms with Gasteiger partial charge in [0.15, 0.2) is 28.2 Å². The zero-order valence-corrected chi connectivity index (χ0v) is 20.7. The number of halogens is 4. The minimum atomic E-state index is -4.72. The smallest absolute Gasteiger partial charge is 0.417 e. The number of hydrogen-bond acceptors (Lipinski definition) is 6. The number of ether oxygens (including phenoxy) is 3. The molecule has 0 atom stereocenters. The van der Waals surface area contributed by atoms with Gasteiger partial charge in [-0.1, -0.05) is 12.1 Å². The lowest BCUT2D eigenvalue weighted by molar-refractivity contribution is -0.137. The van der Waals surface area contributed by atoms with Crippen LogP contribution < -0.4 is 24.8 Å². The van der Waals surface area contributed by atoms with Gasteiger partial charge in [-0.3, -0.25) is 15.1 Å². The molecule has 0 aliphatic rings. The van der Waals surface area contributed by atoms with Gasteiger partial charge in [-0.05, 0) is 48.6 Å². The molecule has 7 nitrogen and oxygen atoms in total. The molecule has 3 aromatic carbocycles. The molecule has 0 saturated heterocycles. The van der Waals surface area contributed by atoms with Crippen LogP contribution in [0.1, 0.15) is 15.9 Å². The van der Waals surface area contributed by atoms with E-state index in [2.05, 4.69) is 15.6 Å². The highest BCUT2D eigenvalue weighted by atomic mass is 32.1. The zero-order chi connectivity index (χ0) is 27.4. The van der Waals surface area contributed by atoms with Gasteiger partial charge in [0.25, 0.3) is 5.91 Å². The lowest BCUT2D eigenvalue weighted by atomic mass is 10.1. The topological polar surface area (TPSA) is 81.7 Å². The van der Waals surface area contributed by atoms with Crippen molar-refractivity contribution in [3.8, 4) is 23.0 Å². The average Bonchev–Trinajstić information content (AvgIpc) is 2.89. The second-order valence-electron chi connectivity index (χ2n) is 7.73. The van der Waals surface area contributed by atoms with Crippen molar-refractivity contribution in [3.63, 3.8) is 0 Å². The number of benzene rings is 3. The molecule has 2 N–H and O–H groups in total. The average molecular weight is 546 g/mol. The first-order chi connectivity index (χ1) is 18.1. The quantitative estimate of drug-likeness (QED) is 0.217. The van der Waals surface area contributed by atoms with Crippen molar-refractivity contribution in [2.45, 2.75) is 6.18 Å². The van der Waals surface area contributed by atoms with Crippen LogP contribution in [0.4, 0.5) is 23.2 Å². The molecular formula is C26H19F4N3O4S. The Kier molecular flexibility index (Phi) is 7.62. The maximum atomic E-state index is 14.9. The second kappa shape index (κ2) is 10.9. The minimum absolute atomic E-state index is 0.119. The molecule has 1 amide bonds. The Balaban J connectivity index is 1.49. The maximum Gasteiger partial charge on any atom is 0.417 e. The highest BCUT2D eigenvalue weighted by molar-refractivity contribution is 7.80. The molecule has 0 spiro atoms. The van der Waals surface area contributed by atoms with E-state index in [9.17, 15) is 22.4 Å². The molecular weight excluding hydrogens is 526 g/mol. The van der Waals surface area contributed by atoms with E-state index in [1.54, 1.807) is 18.2 Å². The number of hydrogen-bond donors (Lipinski definition) is 2. The number of fused-ring (bicyclic) bond motifs is 1. The highest BCUT2D eigenvalue weighted by Crippen LogP contribution is 2.37. The SMILES string of the molecule is COc1cc2nccc(Oc3ccc(NC(=S)NC(=O)c4ccccc4C(F)(F)F)cc3F)c2cc1OC. The fourth-order valence-corrected chi connectivity index (χ4v) is 3.79. The number of amides is 1. The van der Waals surface area contributed by atoms with Crippen LogP contribution in [0.3, 0.4) is 0 Å². The number of methoxy groups -OCH3 is 2. The largest absolute Gasteiger partial charge is 0.493 e. The summed E-state index contributed by atoms with van der Waals surface area (Å²) in [6.45, 7) is 0. The number of pyridine rings is 1. The van der Waals surface area contributed by atoms with Crippen LogP contribution in [0.15, 0.2) is 66.9 Å². The fraction of sp³-hybridized carbons (Fsp3) is 0.115. The fourth-order valence-electron chi connectivity index (χ4n) is 3.58. The lowest BCUT2D eigenvalue weighted by Crippen LogP contribution is -2.35. The van der Waals surface area contributed by atoms with Gasteiger partial charge in [0, 0.05) is 29.4 Å². The first-order valence-corrected chi connectivity index (χ1v) is 11.3. The van der Waals surface area contributed by atoms with Crippen LogP contribution >= 0.6 is 12.2 Å². The normalized spacial score (nSPS) is 11.1. The third kappa shape index (κ3) is 5.75. The van der Waals surface area contributed by atoms with E-state index in [1.807, 2.05) is 0 Å². The van der Waals surface area contributed by atoms with Crippen LogP contribution in [0.25, 0.3) is 10.9 Å². The molecule has 12 heteroatoms. The van der Waals surface area contributed by atoms with Gasteiger partial charge in [-0.2, -0.15) is 13.2 Å². The van der Waals surface area contributed by atoms with Gasteiger partial charge >= 0.3 is 6.18 Å². The van der Waals surface area contributed by atoms with Crippen LogP contribution in [0.5, 0.6) is 23.0 Å². The molecule has 0 unspecified atom stereocenters. The molecule has 38 heavy (non-hydrogen) atoms. The number of carbonyl (C=O) groups excluding carboxylic acids is 1. The zero-order valence-electron chi connectivity index (χ0n) is 19.9. The Labute approximate surface area is 219 Å². The van der Waals surface area contributed by atoms with Crippen LogP contribution in [-0.2, 0) is 6.18 Å². The van der Waals surface area contributed by atoms with E-state index >= 15 is 0 Å². The van der Waals surface area contributed by atoms with Crippen LogP contribution in [0.2, 0.25) is 0 Å². The number of carbonyl (C=O) groups is 1. The summed E-state index contributed by atoms with van der Waals surface area (Å²) in [5.41, 5.74) is -1.03. The summed E-state index contributed by atoms with van der Waals surface area (Å²) < 4.78 is 70.8. The van der Waals surface area contributed by atoms with Crippen molar-refractivity contribution in [2.75, 3.05) is 19.5 Å². The number of anilines is 1. The van der Waals surface area contributed by atoms with Gasteiger partial charge in [-0.25, -0.2) is 4.39 Å². The van der Waals surface area contributed by atoms with E-state index in [0.717, 1.165) is 18.2 Å². The molecule has 0 fully saturated rings. The van der Waals surface area contributed by atoms with Crippen LogP contribution in [0, 0.1) is 5.82 Å². The van der Waals surface area contributed by atoms with Crippen molar-refractivity contribution in [1.82, 2.24) is 10.3 Å². The first-order valence-electron chi connectivity index (χ1n) is 10.9. The summed E-state index contributed by atoms with van der Waals surface area (Å²) >= 11 is 5.02. The van der Waals surface area contributed by atoms with Gasteiger partial charge in [0.2, 0.25) is 0 Å². The van der Waals surface area contributed by atoms with E-state index in [0.29, 0.717) is 28.2 Å². The Bertz CT molecular complexity index is 1530. The predicted molar refractivity (Wildman–Crippen MR) is 136 cm³/mol. The van der Waals surface area contributed by atoms with E-state index in [1.165, 1.54) is 44.7 Å². The number of rotatable bonds is 6. The summed E-state index contributed by atoms with van der Waals surface area (Å²) in [6.07, 6.45) is -3.23. The molecule has 4 aromatic rings. The Morgan fingerprint density at radius 1 is 0.921 bits per heavy atom. The number of nitrogens with one attached hydrogen (secondary N) is 2. The number of thiocarbonyl (C=S) groups is 1. The molecule has 1 heterocycles. The molecule has 1 aromatic heterocycles. The second-order valence-corrected chi connectivity index (χ2v) is 8.14. The standard InChI is InChI=1S/C26H19F4N3O4S/c1-35-22-12-16-19(13-23(22)36-2)31-10-9-20(16)37-21-8-7-14(11-18(21)27)32-25(38)33-24(34)15-5-3-4-6-17(15)26(28,29)30/h3-13H,1-2H3,(H2,32,33,34,38). The summed E-state index contributed by atoms with van der Waals surface area (Å²) in [6, 6.07) is 13.0. The number of alkyl halides is 3. The van der Waals surface area contributed by atoms with Crippen molar-refractivity contribution >= 4 is 39.8 Å². The monoisotopic (exact) mass is 545 g/mol. The van der Waals surface area contributed by atoms with Gasteiger partial charge < -0.3 is 19.5 Å². The van der Waals surface area contributed by atoms with Crippen LogP contribution in [-0.4, -0.2) is 30.2 Å². The lowest BCUT2D eigenvalue weighted by Gasteiger charge is -2.15. The highest BCUT2D eigenvalue weighted by Gasteiger charge is 2.35. The van der Waals surface area contributed by atoms with E-state index < -0.39 is 29.0 Å². The Hall–Kier alpha value is -4.45. The Morgan fingerprint density at radius 2 is 1.63 bits per heavy atom. The summed E-state index contributed by atoms with van der Waals surface area (Å²) in [7, 11) is 2.97. The van der Waals surface area contributed by atoms with Gasteiger partial charge in [0.05, 0.1) is 30.9 Å². The summed E-state index contributed by atoms with van der Waals surface area (Å²) in [5.74, 6) is -0.736. The third-order valence-electron chi connectivity index (χ3n) is 5.32. The molecule has 0 saturated carbocycles. The van der Waals surface area contributed by atoms with Gasteiger partial charge in [0.1, 0.15) is 5.75 Å². The van der Waals surface area contributed by atoms with Crippen molar-refractivity contribution < 1.29 is 36.6 Å². The number of aromatic nitrogens is 1. The molecule has 0 aliphatic heterocycles. The molecule has 0 aliphatic carbocycles. The van der Waals surface area contributed by atoms with Crippen molar-refractivity contribution in [1.29, 1.82) is 0 Å². The van der Waals surface area contributed by atoms with Crippen molar-refractivity contribution in [3.05, 3.63) is 83.8 Å². The van der Waals surface area contributed by atoms with Crippen molar-refractivity contribution in [2.24, 2.45) is 0 Å². The van der Waals surface area contributed by atoms with Gasteiger partial charge in [-0.15, -0.1) is 0 Å². The third-order valence-corrected chi connectivity index (χ3v) is 5.52. The molecule has 196 valence electrons. The maximum absolute atomic E-state index is 14.9. The van der Waals surface area contributed by atoms with E-state index in [-0.39, 0.29) is 16.5 Å². The molecule has 4 rings (SSSR count). The predicted octanol–water partition coefficient (Wildman–Crippen LogP) is 6.33. The Morgan fingerprint density at radius 3 is 2.32 bits per heavy atom. The molecule has 0 radical (unpaired) electrons. The van der Waals surface area contributed by atoms with E-state index in [4.69, 9.17) is 26.4 Å².